The molecule has 0 aromatic heterocycles. The third-order valence-electron chi connectivity index (χ3n) is 2.98. The molecule has 1 unspecified atom stereocenters. The molecule has 6 heteroatoms. The van der Waals surface area contributed by atoms with Crippen molar-refractivity contribution in [3.63, 3.8) is 0 Å². The summed E-state index contributed by atoms with van der Waals surface area (Å²) in [5.41, 5.74) is 0. The van der Waals surface area contributed by atoms with Gasteiger partial charge in [-0.2, -0.15) is 8.78 Å². The molecule has 0 heterocycles. The van der Waals surface area contributed by atoms with E-state index >= 15 is 0 Å². The van der Waals surface area contributed by atoms with Gasteiger partial charge in [-0.1, -0.05) is 54.7 Å². The second kappa shape index (κ2) is 11.7. The summed E-state index contributed by atoms with van der Waals surface area (Å²) in [4.78, 5) is 11.1. The first-order valence-corrected chi connectivity index (χ1v) is 8.48. The molecular formula is C14H25F2IO3. The Morgan fingerprint density at radius 3 is 2.30 bits per heavy atom. The molecule has 0 aromatic rings. The Bertz CT molecular complexity index is 263. The van der Waals surface area contributed by atoms with Gasteiger partial charge in [0.25, 0.3) is 0 Å². The van der Waals surface area contributed by atoms with Gasteiger partial charge in [0.15, 0.2) is 0 Å². The van der Waals surface area contributed by atoms with Crippen molar-refractivity contribution >= 4 is 28.6 Å². The number of alkyl halides is 3. The fourth-order valence-corrected chi connectivity index (χ4v) is 2.88. The number of rotatable bonds is 12. The van der Waals surface area contributed by atoms with E-state index in [0.717, 1.165) is 38.5 Å². The van der Waals surface area contributed by atoms with E-state index in [1.165, 1.54) is 6.92 Å². The summed E-state index contributed by atoms with van der Waals surface area (Å²) in [6, 6.07) is 0. The Balaban J connectivity index is 3.71. The Hall–Kier alpha value is 0.0200. The molecular weight excluding hydrogens is 381 g/mol. The summed E-state index contributed by atoms with van der Waals surface area (Å²) in [5.74, 6) is -4.78. The fourth-order valence-electron chi connectivity index (χ4n) is 1.88. The molecule has 0 rings (SSSR count). The third kappa shape index (κ3) is 9.85. The molecule has 0 aliphatic carbocycles. The van der Waals surface area contributed by atoms with E-state index < -0.39 is 18.3 Å². The topological polar surface area (TPSA) is 46.5 Å². The van der Waals surface area contributed by atoms with Crippen LogP contribution in [0.15, 0.2) is 0 Å². The lowest BCUT2D eigenvalue weighted by atomic mass is 10.1. The molecule has 120 valence electrons. The van der Waals surface area contributed by atoms with Crippen LogP contribution in [0, 0.1) is 0 Å². The summed E-state index contributed by atoms with van der Waals surface area (Å²) in [5, 5.41) is 8.62. The van der Waals surface area contributed by atoms with Crippen LogP contribution in [0.1, 0.15) is 58.3 Å². The van der Waals surface area contributed by atoms with Crippen LogP contribution in [-0.2, 0) is 9.53 Å². The van der Waals surface area contributed by atoms with E-state index in [2.05, 4.69) is 4.74 Å². The largest absolute Gasteiger partial charge is 0.462 e. The van der Waals surface area contributed by atoms with Crippen molar-refractivity contribution in [2.24, 2.45) is 0 Å². The normalized spacial score (nSPS) is 13.2. The highest BCUT2D eigenvalue weighted by Crippen LogP contribution is 2.28. The number of ether oxygens (including phenoxy) is 1. The van der Waals surface area contributed by atoms with E-state index in [0.29, 0.717) is 6.42 Å². The van der Waals surface area contributed by atoms with Crippen LogP contribution in [-0.4, -0.2) is 34.1 Å². The Morgan fingerprint density at radius 2 is 1.75 bits per heavy atom. The predicted octanol–water partition coefficient (Wildman–Crippen LogP) is 4.10. The van der Waals surface area contributed by atoms with Gasteiger partial charge in [0.05, 0.1) is 6.61 Å². The van der Waals surface area contributed by atoms with Crippen LogP contribution in [0.3, 0.4) is 0 Å². The minimum absolute atomic E-state index is 0.0197. The summed E-state index contributed by atoms with van der Waals surface area (Å²) >= 11 is 1.98. The minimum atomic E-state index is -3.37. The van der Waals surface area contributed by atoms with Gasteiger partial charge >= 0.3 is 11.9 Å². The second-order valence-electron chi connectivity index (χ2n) is 4.86. The van der Waals surface area contributed by atoms with Crippen molar-refractivity contribution in [3.8, 4) is 0 Å². The lowest BCUT2D eigenvalue weighted by Gasteiger charge is -2.18. The SMILES string of the molecule is CCOC(=O)C(F)(F)CC(I)CCCCCCCCO. The molecule has 0 aromatic carbocycles. The Labute approximate surface area is 133 Å². The van der Waals surface area contributed by atoms with Crippen LogP contribution < -0.4 is 0 Å². The van der Waals surface area contributed by atoms with Gasteiger partial charge in [0, 0.05) is 17.0 Å². The first-order valence-electron chi connectivity index (χ1n) is 7.24. The van der Waals surface area contributed by atoms with Crippen molar-refractivity contribution in [2.75, 3.05) is 13.2 Å². The first kappa shape index (κ1) is 20.0. The average molecular weight is 406 g/mol. The number of esters is 1. The van der Waals surface area contributed by atoms with Gasteiger partial charge in [-0.25, -0.2) is 4.79 Å². The van der Waals surface area contributed by atoms with Gasteiger partial charge in [0.1, 0.15) is 0 Å². The number of hydrogen-bond donors (Lipinski definition) is 1. The molecule has 1 N–H and O–H groups in total. The number of aliphatic hydroxyl groups excluding tert-OH is 1. The number of carbonyl (C=O) groups excluding carboxylic acids is 1. The Kier molecular flexibility index (Phi) is 11.7. The quantitative estimate of drug-likeness (QED) is 0.230. The molecule has 0 fully saturated rings. The average Bonchev–Trinajstić information content (AvgIpc) is 2.37. The predicted molar refractivity (Wildman–Crippen MR) is 83.4 cm³/mol. The molecule has 20 heavy (non-hydrogen) atoms. The molecule has 0 radical (unpaired) electrons. The van der Waals surface area contributed by atoms with Gasteiger partial charge in [-0.05, 0) is 19.8 Å². The van der Waals surface area contributed by atoms with E-state index in [4.69, 9.17) is 5.11 Å². The highest BCUT2D eigenvalue weighted by atomic mass is 127. The number of aliphatic hydroxyl groups is 1. The number of carbonyl (C=O) groups is 1. The summed E-state index contributed by atoms with van der Waals surface area (Å²) in [6.45, 7) is 1.74. The van der Waals surface area contributed by atoms with E-state index in [1.807, 2.05) is 22.6 Å². The van der Waals surface area contributed by atoms with Crippen molar-refractivity contribution in [1.82, 2.24) is 0 Å². The van der Waals surface area contributed by atoms with Crippen LogP contribution in [0.25, 0.3) is 0 Å². The van der Waals surface area contributed by atoms with E-state index in [9.17, 15) is 13.6 Å². The maximum atomic E-state index is 13.5. The smallest absolute Gasteiger partial charge is 0.377 e. The summed E-state index contributed by atoms with van der Waals surface area (Å²) in [6.07, 6.45) is 6.14. The molecule has 0 saturated heterocycles. The molecule has 0 amide bonds. The Morgan fingerprint density at radius 1 is 1.20 bits per heavy atom. The molecule has 3 nitrogen and oxygen atoms in total. The molecule has 0 saturated carbocycles. The lowest BCUT2D eigenvalue weighted by molar-refractivity contribution is -0.172. The summed E-state index contributed by atoms with van der Waals surface area (Å²) in [7, 11) is 0. The van der Waals surface area contributed by atoms with E-state index in [1.54, 1.807) is 0 Å². The maximum absolute atomic E-state index is 13.5. The zero-order valence-electron chi connectivity index (χ0n) is 12.0. The van der Waals surface area contributed by atoms with Gasteiger partial charge in [0.2, 0.25) is 0 Å². The minimum Gasteiger partial charge on any atom is -0.462 e. The zero-order valence-corrected chi connectivity index (χ0v) is 14.2. The zero-order chi connectivity index (χ0) is 15.4. The summed E-state index contributed by atoms with van der Waals surface area (Å²) < 4.78 is 31.1. The third-order valence-corrected chi connectivity index (χ3v) is 4.04. The fraction of sp³-hybridized carbons (Fsp3) is 0.929. The van der Waals surface area contributed by atoms with Gasteiger partial charge in [-0.3, -0.25) is 0 Å². The monoisotopic (exact) mass is 406 g/mol. The van der Waals surface area contributed by atoms with Gasteiger partial charge in [-0.15, -0.1) is 0 Å². The van der Waals surface area contributed by atoms with E-state index in [-0.39, 0.29) is 17.1 Å². The standard InChI is InChI=1S/C14H25F2IO3/c1-2-20-13(19)14(15,16)11-12(17)9-7-5-3-4-6-8-10-18/h12,18H,2-11H2,1H3. The first-order chi connectivity index (χ1) is 9.44. The van der Waals surface area contributed by atoms with Crippen LogP contribution >= 0.6 is 22.6 Å². The van der Waals surface area contributed by atoms with Crippen LogP contribution in [0.2, 0.25) is 0 Å². The van der Waals surface area contributed by atoms with Crippen molar-refractivity contribution in [2.45, 2.75) is 68.1 Å². The lowest BCUT2D eigenvalue weighted by Crippen LogP contribution is -2.33. The number of hydrogen-bond acceptors (Lipinski definition) is 3. The van der Waals surface area contributed by atoms with Crippen LogP contribution in [0.4, 0.5) is 8.78 Å². The highest BCUT2D eigenvalue weighted by Gasteiger charge is 2.41. The highest BCUT2D eigenvalue weighted by molar-refractivity contribution is 14.1. The number of unbranched alkanes of at least 4 members (excludes halogenated alkanes) is 5. The molecule has 1 atom stereocenters. The van der Waals surface area contributed by atoms with Gasteiger partial charge < -0.3 is 9.84 Å². The van der Waals surface area contributed by atoms with Crippen molar-refractivity contribution in [3.05, 3.63) is 0 Å². The molecule has 0 aliphatic heterocycles. The van der Waals surface area contributed by atoms with Crippen molar-refractivity contribution in [1.29, 1.82) is 0 Å². The molecule has 0 bridgehead atoms. The number of halogens is 3. The van der Waals surface area contributed by atoms with Crippen molar-refractivity contribution < 1.29 is 23.4 Å². The molecule has 0 aliphatic rings. The van der Waals surface area contributed by atoms with Crippen LogP contribution in [0.5, 0.6) is 0 Å². The second-order valence-corrected chi connectivity index (χ2v) is 6.62. The maximum Gasteiger partial charge on any atom is 0.377 e. The molecule has 0 spiro atoms.